The van der Waals surface area contributed by atoms with E-state index < -0.39 is 6.10 Å². The molecule has 1 unspecified atom stereocenters. The van der Waals surface area contributed by atoms with Gasteiger partial charge in [0.1, 0.15) is 0 Å². The van der Waals surface area contributed by atoms with Crippen molar-refractivity contribution in [1.82, 2.24) is 14.3 Å². The van der Waals surface area contributed by atoms with Crippen LogP contribution in [0, 0.1) is 0 Å². The summed E-state index contributed by atoms with van der Waals surface area (Å²) in [6.45, 7) is 5.47. The Labute approximate surface area is 118 Å². The zero-order valence-corrected chi connectivity index (χ0v) is 11.8. The SMILES string of the molecule is CCn1nc(Cn2ccc(C(C)O)c2)c2ccccc21. The monoisotopic (exact) mass is 269 g/mol. The van der Waals surface area contributed by atoms with Crippen LogP contribution < -0.4 is 0 Å². The van der Waals surface area contributed by atoms with Gasteiger partial charge in [-0.2, -0.15) is 5.10 Å². The van der Waals surface area contributed by atoms with Crippen LogP contribution in [-0.4, -0.2) is 19.5 Å². The highest BCUT2D eigenvalue weighted by Gasteiger charge is 2.10. The first-order valence-corrected chi connectivity index (χ1v) is 6.97. The molecule has 2 heterocycles. The second-order valence-electron chi connectivity index (χ2n) is 5.07. The Morgan fingerprint density at radius 3 is 2.75 bits per heavy atom. The van der Waals surface area contributed by atoms with Crippen LogP contribution >= 0.6 is 0 Å². The molecule has 3 rings (SSSR count). The maximum atomic E-state index is 9.58. The summed E-state index contributed by atoms with van der Waals surface area (Å²) >= 11 is 0. The molecule has 1 N–H and O–H groups in total. The summed E-state index contributed by atoms with van der Waals surface area (Å²) < 4.78 is 4.10. The average Bonchev–Trinajstić information content (AvgIpc) is 3.05. The Bertz CT molecular complexity index is 724. The van der Waals surface area contributed by atoms with Crippen LogP contribution in [-0.2, 0) is 13.1 Å². The van der Waals surface area contributed by atoms with Crippen molar-refractivity contribution < 1.29 is 5.11 Å². The second kappa shape index (κ2) is 5.13. The first-order chi connectivity index (χ1) is 9.69. The van der Waals surface area contributed by atoms with Crippen molar-refractivity contribution in [3.8, 4) is 0 Å². The fraction of sp³-hybridized carbons (Fsp3) is 0.312. The van der Waals surface area contributed by atoms with Gasteiger partial charge in [0, 0.05) is 24.3 Å². The lowest BCUT2D eigenvalue weighted by Gasteiger charge is -2.01. The number of aliphatic hydroxyl groups is 1. The summed E-state index contributed by atoms with van der Waals surface area (Å²) in [7, 11) is 0. The van der Waals surface area contributed by atoms with E-state index in [-0.39, 0.29) is 0 Å². The van der Waals surface area contributed by atoms with Gasteiger partial charge in [-0.3, -0.25) is 4.68 Å². The van der Waals surface area contributed by atoms with Gasteiger partial charge in [0.15, 0.2) is 0 Å². The normalized spacial score (nSPS) is 12.9. The van der Waals surface area contributed by atoms with Crippen molar-refractivity contribution in [2.75, 3.05) is 0 Å². The first kappa shape index (κ1) is 12.9. The van der Waals surface area contributed by atoms with E-state index in [0.29, 0.717) is 0 Å². The zero-order chi connectivity index (χ0) is 14.1. The molecule has 0 radical (unpaired) electrons. The highest BCUT2D eigenvalue weighted by atomic mass is 16.3. The number of nitrogens with zero attached hydrogens (tertiary/aromatic N) is 3. The predicted octanol–water partition coefficient (Wildman–Crippen LogP) is 2.96. The lowest BCUT2D eigenvalue weighted by Crippen LogP contribution is -2.01. The van der Waals surface area contributed by atoms with Crippen molar-refractivity contribution in [2.24, 2.45) is 0 Å². The fourth-order valence-electron chi connectivity index (χ4n) is 2.53. The molecule has 0 aliphatic rings. The molecule has 0 amide bonds. The number of benzene rings is 1. The molecule has 0 aliphatic carbocycles. The van der Waals surface area contributed by atoms with E-state index in [1.165, 1.54) is 10.9 Å². The predicted molar refractivity (Wildman–Crippen MR) is 79.6 cm³/mol. The van der Waals surface area contributed by atoms with Gasteiger partial charge in [0.25, 0.3) is 0 Å². The first-order valence-electron chi connectivity index (χ1n) is 6.97. The van der Waals surface area contributed by atoms with Crippen molar-refractivity contribution in [2.45, 2.75) is 33.0 Å². The van der Waals surface area contributed by atoms with Gasteiger partial charge in [-0.15, -0.1) is 0 Å². The molecule has 4 nitrogen and oxygen atoms in total. The van der Waals surface area contributed by atoms with Crippen LogP contribution in [0.5, 0.6) is 0 Å². The van der Waals surface area contributed by atoms with Crippen LogP contribution in [0.1, 0.15) is 31.2 Å². The topological polar surface area (TPSA) is 43.0 Å². The second-order valence-corrected chi connectivity index (χ2v) is 5.07. The lowest BCUT2D eigenvalue weighted by atomic mass is 10.2. The van der Waals surface area contributed by atoms with Gasteiger partial charge in [0.05, 0.1) is 23.9 Å². The molecule has 0 spiro atoms. The van der Waals surface area contributed by atoms with Gasteiger partial charge in [-0.05, 0) is 31.5 Å². The number of aromatic nitrogens is 3. The number of aliphatic hydroxyl groups excluding tert-OH is 1. The average molecular weight is 269 g/mol. The Balaban J connectivity index is 1.97. The number of rotatable bonds is 4. The Morgan fingerprint density at radius 2 is 2.05 bits per heavy atom. The molecule has 4 heteroatoms. The Kier molecular flexibility index (Phi) is 3.32. The van der Waals surface area contributed by atoms with Crippen molar-refractivity contribution in [3.05, 3.63) is 54.0 Å². The number of aryl methyl sites for hydroxylation is 1. The van der Waals surface area contributed by atoms with E-state index in [0.717, 1.165) is 24.3 Å². The summed E-state index contributed by atoms with van der Waals surface area (Å²) in [5.41, 5.74) is 3.17. The van der Waals surface area contributed by atoms with Crippen LogP contribution in [0.3, 0.4) is 0 Å². The summed E-state index contributed by atoms with van der Waals surface area (Å²) in [5.74, 6) is 0. The summed E-state index contributed by atoms with van der Waals surface area (Å²) in [6.07, 6.45) is 3.54. The molecular formula is C16H19N3O. The van der Waals surface area contributed by atoms with Crippen molar-refractivity contribution >= 4 is 10.9 Å². The Hall–Kier alpha value is -2.07. The Morgan fingerprint density at radius 1 is 1.25 bits per heavy atom. The molecule has 0 aliphatic heterocycles. The number of hydrogen-bond donors (Lipinski definition) is 1. The van der Waals surface area contributed by atoms with E-state index >= 15 is 0 Å². The molecule has 0 saturated carbocycles. The van der Waals surface area contributed by atoms with Crippen molar-refractivity contribution in [1.29, 1.82) is 0 Å². The highest BCUT2D eigenvalue weighted by Crippen LogP contribution is 2.20. The van der Waals surface area contributed by atoms with Gasteiger partial charge < -0.3 is 9.67 Å². The maximum absolute atomic E-state index is 9.58. The minimum absolute atomic E-state index is 0.429. The molecule has 1 aromatic carbocycles. The molecule has 0 fully saturated rings. The number of hydrogen-bond acceptors (Lipinski definition) is 2. The van der Waals surface area contributed by atoms with E-state index in [1.54, 1.807) is 6.92 Å². The third kappa shape index (κ3) is 2.23. The highest BCUT2D eigenvalue weighted by molar-refractivity contribution is 5.81. The molecule has 20 heavy (non-hydrogen) atoms. The smallest absolute Gasteiger partial charge is 0.0900 e. The molecular weight excluding hydrogens is 250 g/mol. The van der Waals surface area contributed by atoms with Gasteiger partial charge in [0.2, 0.25) is 0 Å². The number of para-hydroxylation sites is 1. The van der Waals surface area contributed by atoms with E-state index in [4.69, 9.17) is 5.10 Å². The summed E-state index contributed by atoms with van der Waals surface area (Å²) in [6, 6.07) is 10.3. The van der Waals surface area contributed by atoms with E-state index in [2.05, 4.69) is 23.6 Å². The van der Waals surface area contributed by atoms with E-state index in [1.807, 2.05) is 35.3 Å². The maximum Gasteiger partial charge on any atom is 0.0900 e. The van der Waals surface area contributed by atoms with Gasteiger partial charge in [-0.1, -0.05) is 18.2 Å². The van der Waals surface area contributed by atoms with Gasteiger partial charge >= 0.3 is 0 Å². The summed E-state index contributed by atoms with van der Waals surface area (Å²) in [5, 5.41) is 15.5. The fourth-order valence-corrected chi connectivity index (χ4v) is 2.53. The van der Waals surface area contributed by atoms with Crippen LogP contribution in [0.25, 0.3) is 10.9 Å². The molecule has 0 saturated heterocycles. The quantitative estimate of drug-likeness (QED) is 0.791. The lowest BCUT2D eigenvalue weighted by molar-refractivity contribution is 0.199. The van der Waals surface area contributed by atoms with Crippen LogP contribution in [0.15, 0.2) is 42.7 Å². The molecule has 0 bridgehead atoms. The molecule has 104 valence electrons. The number of fused-ring (bicyclic) bond motifs is 1. The molecule has 3 aromatic rings. The molecule has 1 atom stereocenters. The molecule has 2 aromatic heterocycles. The minimum Gasteiger partial charge on any atom is -0.389 e. The zero-order valence-electron chi connectivity index (χ0n) is 11.8. The van der Waals surface area contributed by atoms with Crippen LogP contribution in [0.4, 0.5) is 0 Å². The largest absolute Gasteiger partial charge is 0.389 e. The van der Waals surface area contributed by atoms with E-state index in [9.17, 15) is 5.11 Å². The van der Waals surface area contributed by atoms with Crippen molar-refractivity contribution in [3.63, 3.8) is 0 Å². The standard InChI is InChI=1S/C16H19N3O/c1-3-19-16-7-5-4-6-14(16)15(17-19)11-18-9-8-13(10-18)12(2)20/h4-10,12,20H,3,11H2,1-2H3. The third-order valence-electron chi connectivity index (χ3n) is 3.62. The minimum atomic E-state index is -0.429. The summed E-state index contributed by atoms with van der Waals surface area (Å²) in [4.78, 5) is 0. The third-order valence-corrected chi connectivity index (χ3v) is 3.62. The van der Waals surface area contributed by atoms with Crippen LogP contribution in [0.2, 0.25) is 0 Å². The van der Waals surface area contributed by atoms with Gasteiger partial charge in [-0.25, -0.2) is 0 Å².